The minimum absolute atomic E-state index is 0.0139. The van der Waals surface area contributed by atoms with E-state index in [1.54, 1.807) is 0 Å². The van der Waals surface area contributed by atoms with Crippen molar-refractivity contribution >= 4 is 12.6 Å². The average Bonchev–Trinajstić information content (AvgIpc) is 1.64. The predicted octanol–water partition coefficient (Wildman–Crippen LogP) is 1.44. The fraction of sp³-hybridized carbons (Fsp3) is 0.600. The van der Waals surface area contributed by atoms with Crippen LogP contribution in [0, 0.1) is 0 Å². The molecule has 0 aromatic rings. The lowest BCUT2D eigenvalue weighted by Crippen LogP contribution is -2.24. The number of rotatable bonds is 0. The second kappa shape index (κ2) is 2.40. The van der Waals surface area contributed by atoms with Crippen LogP contribution in [0.5, 0.6) is 0 Å². The minimum atomic E-state index is -0.240. The van der Waals surface area contributed by atoms with Crippen LogP contribution >= 0.6 is 12.6 Å². The van der Waals surface area contributed by atoms with Crippen LogP contribution in [-0.2, 0) is 0 Å². The largest absolute Gasteiger partial charge is 0.351 e. The van der Waals surface area contributed by atoms with E-state index in [4.69, 9.17) is 0 Å². The standard InChI is InChI=1S/C5H8FNS/c6-4-2-1-3-5(8)7-4/h2,5,7-8H,1,3H2. The molecule has 0 aromatic carbocycles. The third-order valence-electron chi connectivity index (χ3n) is 1.07. The maximum absolute atomic E-state index is 12.1. The van der Waals surface area contributed by atoms with Gasteiger partial charge in [-0.3, -0.25) is 0 Å². The van der Waals surface area contributed by atoms with E-state index >= 15 is 0 Å². The molecule has 3 heteroatoms. The summed E-state index contributed by atoms with van der Waals surface area (Å²) in [7, 11) is 0. The first-order valence-electron chi connectivity index (χ1n) is 2.59. The highest BCUT2D eigenvalue weighted by Gasteiger charge is 2.07. The van der Waals surface area contributed by atoms with Gasteiger partial charge in [0.05, 0.1) is 5.37 Å². The molecule has 0 saturated carbocycles. The van der Waals surface area contributed by atoms with Gasteiger partial charge in [-0.1, -0.05) is 0 Å². The fourth-order valence-electron chi connectivity index (χ4n) is 0.658. The van der Waals surface area contributed by atoms with Crippen LogP contribution in [0.1, 0.15) is 12.8 Å². The molecule has 1 atom stereocenters. The summed E-state index contributed by atoms with van der Waals surface area (Å²) in [6, 6.07) is 0. The van der Waals surface area contributed by atoms with Crippen molar-refractivity contribution in [2.75, 3.05) is 0 Å². The summed E-state index contributed by atoms with van der Waals surface area (Å²) in [6.07, 6.45) is 3.25. The zero-order chi connectivity index (χ0) is 5.98. The number of hydrogen-bond acceptors (Lipinski definition) is 2. The minimum Gasteiger partial charge on any atom is -0.351 e. The second-order valence-corrected chi connectivity index (χ2v) is 2.41. The Labute approximate surface area is 53.4 Å². The van der Waals surface area contributed by atoms with Gasteiger partial charge in [-0.05, 0) is 18.9 Å². The van der Waals surface area contributed by atoms with Gasteiger partial charge in [0.1, 0.15) is 0 Å². The Morgan fingerprint density at radius 3 is 3.00 bits per heavy atom. The molecule has 0 aliphatic carbocycles. The van der Waals surface area contributed by atoms with E-state index in [9.17, 15) is 4.39 Å². The highest BCUT2D eigenvalue weighted by Crippen LogP contribution is 2.11. The van der Waals surface area contributed by atoms with E-state index in [1.807, 2.05) is 0 Å². The third-order valence-corrected chi connectivity index (χ3v) is 1.46. The quantitative estimate of drug-likeness (QED) is 0.376. The number of hydrogen-bond donors (Lipinski definition) is 2. The lowest BCUT2D eigenvalue weighted by atomic mass is 10.2. The van der Waals surface area contributed by atoms with Crippen molar-refractivity contribution in [1.29, 1.82) is 0 Å². The normalized spacial score (nSPS) is 28.8. The van der Waals surface area contributed by atoms with Crippen molar-refractivity contribution in [1.82, 2.24) is 5.32 Å². The van der Waals surface area contributed by atoms with Gasteiger partial charge in [0.15, 0.2) is 5.95 Å². The lowest BCUT2D eigenvalue weighted by molar-refractivity contribution is 0.491. The van der Waals surface area contributed by atoms with Crippen molar-refractivity contribution < 1.29 is 4.39 Å². The molecule has 0 amide bonds. The molecule has 1 aliphatic heterocycles. The predicted molar refractivity (Wildman–Crippen MR) is 34.3 cm³/mol. The Bertz CT molecular complexity index is 113. The topological polar surface area (TPSA) is 12.0 Å². The third kappa shape index (κ3) is 1.40. The number of halogens is 1. The van der Waals surface area contributed by atoms with Gasteiger partial charge in [-0.15, -0.1) is 0 Å². The molecule has 1 nitrogen and oxygen atoms in total. The summed E-state index contributed by atoms with van der Waals surface area (Å²) < 4.78 is 12.1. The molecule has 0 fully saturated rings. The summed E-state index contributed by atoms with van der Waals surface area (Å²) in [4.78, 5) is 0. The van der Waals surface area contributed by atoms with Gasteiger partial charge in [-0.25, -0.2) is 0 Å². The van der Waals surface area contributed by atoms with E-state index in [1.165, 1.54) is 6.08 Å². The molecule has 1 N–H and O–H groups in total. The first-order chi connectivity index (χ1) is 3.79. The molecular weight excluding hydrogens is 125 g/mol. The van der Waals surface area contributed by atoms with Crippen LogP contribution in [0.3, 0.4) is 0 Å². The van der Waals surface area contributed by atoms with Crippen LogP contribution in [0.25, 0.3) is 0 Å². The molecule has 8 heavy (non-hydrogen) atoms. The van der Waals surface area contributed by atoms with Crippen LogP contribution in [-0.4, -0.2) is 5.37 Å². The molecule has 0 bridgehead atoms. The van der Waals surface area contributed by atoms with Gasteiger partial charge in [0, 0.05) is 0 Å². The summed E-state index contributed by atoms with van der Waals surface area (Å²) in [6.45, 7) is 0. The van der Waals surface area contributed by atoms with Gasteiger partial charge < -0.3 is 5.32 Å². The number of nitrogens with one attached hydrogen (secondary N) is 1. The first-order valence-corrected chi connectivity index (χ1v) is 3.11. The molecule has 0 aromatic heterocycles. The number of thiol groups is 1. The fourth-order valence-corrected chi connectivity index (χ4v) is 0.931. The molecule has 1 unspecified atom stereocenters. The van der Waals surface area contributed by atoms with Gasteiger partial charge >= 0.3 is 0 Å². The van der Waals surface area contributed by atoms with Crippen molar-refractivity contribution in [3.05, 3.63) is 12.0 Å². The van der Waals surface area contributed by atoms with Crippen LogP contribution < -0.4 is 5.32 Å². The van der Waals surface area contributed by atoms with Gasteiger partial charge in [0.2, 0.25) is 0 Å². The van der Waals surface area contributed by atoms with Gasteiger partial charge in [0.25, 0.3) is 0 Å². The highest BCUT2D eigenvalue weighted by atomic mass is 32.1. The molecular formula is C5H8FNS. The summed E-state index contributed by atoms with van der Waals surface area (Å²) in [5, 5.41) is 2.55. The zero-order valence-corrected chi connectivity index (χ0v) is 5.29. The lowest BCUT2D eigenvalue weighted by Gasteiger charge is -2.15. The van der Waals surface area contributed by atoms with E-state index in [0.29, 0.717) is 0 Å². The summed E-state index contributed by atoms with van der Waals surface area (Å²) in [5.74, 6) is -0.240. The molecule has 0 radical (unpaired) electrons. The van der Waals surface area contributed by atoms with Crippen molar-refractivity contribution in [3.8, 4) is 0 Å². The van der Waals surface area contributed by atoms with E-state index < -0.39 is 0 Å². The Hall–Kier alpha value is -0.180. The maximum Gasteiger partial charge on any atom is 0.183 e. The van der Waals surface area contributed by atoms with Crippen LogP contribution in [0.15, 0.2) is 12.0 Å². The summed E-state index contributed by atoms with van der Waals surface area (Å²) >= 11 is 4.03. The average molecular weight is 133 g/mol. The Morgan fingerprint density at radius 2 is 2.62 bits per heavy atom. The van der Waals surface area contributed by atoms with E-state index in [-0.39, 0.29) is 11.3 Å². The molecule has 1 rings (SSSR count). The molecule has 0 spiro atoms. The molecule has 1 heterocycles. The Balaban J connectivity index is 2.45. The SMILES string of the molecule is FC1=CCCC(S)N1. The molecule has 46 valence electrons. The van der Waals surface area contributed by atoms with E-state index in [0.717, 1.165) is 12.8 Å². The Kier molecular flexibility index (Phi) is 1.78. The van der Waals surface area contributed by atoms with Crippen LogP contribution in [0.4, 0.5) is 4.39 Å². The Morgan fingerprint density at radius 1 is 1.88 bits per heavy atom. The smallest absolute Gasteiger partial charge is 0.183 e. The zero-order valence-electron chi connectivity index (χ0n) is 4.39. The van der Waals surface area contributed by atoms with E-state index in [2.05, 4.69) is 17.9 Å². The van der Waals surface area contributed by atoms with Crippen molar-refractivity contribution in [2.24, 2.45) is 0 Å². The van der Waals surface area contributed by atoms with Crippen molar-refractivity contribution in [3.63, 3.8) is 0 Å². The number of allylic oxidation sites excluding steroid dienone is 1. The van der Waals surface area contributed by atoms with Crippen molar-refractivity contribution in [2.45, 2.75) is 18.2 Å². The monoisotopic (exact) mass is 133 g/mol. The summed E-state index contributed by atoms with van der Waals surface area (Å²) in [5.41, 5.74) is 0. The maximum atomic E-state index is 12.1. The van der Waals surface area contributed by atoms with Crippen LogP contribution in [0.2, 0.25) is 0 Å². The van der Waals surface area contributed by atoms with Gasteiger partial charge in [-0.2, -0.15) is 17.0 Å². The molecule has 0 saturated heterocycles. The second-order valence-electron chi connectivity index (χ2n) is 1.79. The highest BCUT2D eigenvalue weighted by molar-refractivity contribution is 7.80. The first kappa shape index (κ1) is 5.95. The molecule has 1 aliphatic rings.